The number of nitrogens with zero attached hydrogens (tertiary/aromatic N) is 5. The lowest BCUT2D eigenvalue weighted by Crippen LogP contribution is -2.49. The molecule has 0 saturated carbocycles. The number of para-hydroxylation sites is 4. The number of fused-ring (bicyclic) bond motifs is 1. The molecule has 9 heteroatoms. The minimum atomic E-state index is 0.112. The maximum atomic E-state index is 13.2. The molecule has 2 atom stereocenters. The van der Waals surface area contributed by atoms with E-state index in [0.29, 0.717) is 18.8 Å². The smallest absolute Gasteiger partial charge is 0.233 e. The van der Waals surface area contributed by atoms with Crippen LogP contribution in [-0.2, 0) is 9.53 Å². The molecule has 0 aliphatic carbocycles. The standard InChI is InChI=1S/C27H33N5O3S/c1-19-16-32(17-20(2)35-19)26-27(29-22-9-5-4-8-21(22)28-26)36-18-25(33)31-14-12-30(13-15-31)23-10-6-7-11-24(23)34-3/h4-11,19-20H,12-18H2,1-3H3/t19-,20+. The van der Waals surface area contributed by atoms with Gasteiger partial charge in [0, 0.05) is 39.3 Å². The van der Waals surface area contributed by atoms with E-state index in [1.54, 1.807) is 7.11 Å². The average Bonchev–Trinajstić information content (AvgIpc) is 2.90. The van der Waals surface area contributed by atoms with Crippen molar-refractivity contribution in [1.82, 2.24) is 14.9 Å². The molecule has 1 amide bonds. The first-order chi connectivity index (χ1) is 17.5. The van der Waals surface area contributed by atoms with E-state index in [0.717, 1.165) is 59.5 Å². The van der Waals surface area contributed by atoms with Crippen LogP contribution in [0.3, 0.4) is 0 Å². The first-order valence-electron chi connectivity index (χ1n) is 12.5. The number of ether oxygens (including phenoxy) is 2. The van der Waals surface area contributed by atoms with Crippen molar-refractivity contribution in [1.29, 1.82) is 0 Å². The van der Waals surface area contributed by atoms with Crippen molar-refractivity contribution in [2.45, 2.75) is 31.1 Å². The van der Waals surface area contributed by atoms with Crippen molar-refractivity contribution in [3.8, 4) is 5.75 Å². The number of anilines is 2. The van der Waals surface area contributed by atoms with E-state index in [4.69, 9.17) is 19.4 Å². The van der Waals surface area contributed by atoms with Gasteiger partial charge in [0.1, 0.15) is 10.8 Å². The van der Waals surface area contributed by atoms with E-state index in [-0.39, 0.29) is 18.1 Å². The highest BCUT2D eigenvalue weighted by molar-refractivity contribution is 8.00. The van der Waals surface area contributed by atoms with Gasteiger partial charge in [0.05, 0.1) is 41.8 Å². The van der Waals surface area contributed by atoms with Crippen molar-refractivity contribution in [2.75, 3.05) is 61.9 Å². The van der Waals surface area contributed by atoms with Crippen LogP contribution in [0.25, 0.3) is 11.0 Å². The van der Waals surface area contributed by atoms with Crippen LogP contribution in [0.5, 0.6) is 5.75 Å². The van der Waals surface area contributed by atoms with Crippen LogP contribution in [0.4, 0.5) is 11.5 Å². The summed E-state index contributed by atoms with van der Waals surface area (Å²) in [6.07, 6.45) is 0.224. The fourth-order valence-corrected chi connectivity index (χ4v) is 5.85. The SMILES string of the molecule is COc1ccccc1N1CCN(C(=O)CSc2nc3ccccc3nc2N2C[C@@H](C)O[C@@H](C)C2)CC1. The van der Waals surface area contributed by atoms with Gasteiger partial charge in [0.25, 0.3) is 0 Å². The molecule has 3 heterocycles. The molecule has 1 aromatic heterocycles. The highest BCUT2D eigenvalue weighted by atomic mass is 32.2. The zero-order valence-electron chi connectivity index (χ0n) is 21.1. The Labute approximate surface area is 216 Å². The Bertz CT molecular complexity index is 1210. The number of rotatable bonds is 6. The summed E-state index contributed by atoms with van der Waals surface area (Å²) >= 11 is 1.48. The third kappa shape index (κ3) is 5.37. The summed E-state index contributed by atoms with van der Waals surface area (Å²) in [6.45, 7) is 8.60. The fraction of sp³-hybridized carbons (Fsp3) is 0.444. The summed E-state index contributed by atoms with van der Waals surface area (Å²) in [6, 6.07) is 15.9. The lowest BCUT2D eigenvalue weighted by atomic mass is 10.2. The zero-order chi connectivity index (χ0) is 25.1. The van der Waals surface area contributed by atoms with Gasteiger partial charge in [0.2, 0.25) is 5.91 Å². The molecule has 0 N–H and O–H groups in total. The van der Waals surface area contributed by atoms with Gasteiger partial charge in [-0.25, -0.2) is 9.97 Å². The third-order valence-electron chi connectivity index (χ3n) is 6.63. The quantitative estimate of drug-likeness (QED) is 0.468. The fourth-order valence-electron chi connectivity index (χ4n) is 4.94. The number of morpholine rings is 1. The van der Waals surface area contributed by atoms with Crippen LogP contribution in [0, 0.1) is 0 Å². The Morgan fingerprint density at radius 2 is 1.58 bits per heavy atom. The maximum absolute atomic E-state index is 13.2. The van der Waals surface area contributed by atoms with Crippen LogP contribution in [0.15, 0.2) is 53.6 Å². The van der Waals surface area contributed by atoms with E-state index in [2.05, 4.69) is 29.7 Å². The molecular weight excluding hydrogens is 474 g/mol. The van der Waals surface area contributed by atoms with Crippen molar-refractivity contribution in [3.05, 3.63) is 48.5 Å². The van der Waals surface area contributed by atoms with E-state index in [1.165, 1.54) is 11.8 Å². The highest BCUT2D eigenvalue weighted by Crippen LogP contribution is 2.32. The zero-order valence-corrected chi connectivity index (χ0v) is 21.9. The minimum absolute atomic E-state index is 0.112. The summed E-state index contributed by atoms with van der Waals surface area (Å²) in [5.74, 6) is 2.17. The summed E-state index contributed by atoms with van der Waals surface area (Å²) < 4.78 is 11.4. The first-order valence-corrected chi connectivity index (χ1v) is 13.5. The topological polar surface area (TPSA) is 71.0 Å². The summed E-state index contributed by atoms with van der Waals surface area (Å²) in [7, 11) is 1.69. The molecule has 0 bridgehead atoms. The molecule has 0 radical (unpaired) electrons. The second-order valence-electron chi connectivity index (χ2n) is 9.33. The maximum Gasteiger partial charge on any atom is 0.233 e. The largest absolute Gasteiger partial charge is 0.495 e. The van der Waals surface area contributed by atoms with Gasteiger partial charge in [-0.3, -0.25) is 4.79 Å². The van der Waals surface area contributed by atoms with Crippen molar-refractivity contribution in [2.24, 2.45) is 0 Å². The molecule has 5 rings (SSSR count). The molecular formula is C27H33N5O3S. The number of aromatic nitrogens is 2. The number of hydrogen-bond donors (Lipinski definition) is 0. The van der Waals surface area contributed by atoms with Crippen LogP contribution < -0.4 is 14.5 Å². The molecule has 3 aromatic rings. The first kappa shape index (κ1) is 24.6. The van der Waals surface area contributed by atoms with Gasteiger partial charge in [-0.2, -0.15) is 0 Å². The van der Waals surface area contributed by atoms with E-state index >= 15 is 0 Å². The van der Waals surface area contributed by atoms with Crippen LogP contribution in [-0.4, -0.2) is 85.1 Å². The van der Waals surface area contributed by atoms with E-state index in [9.17, 15) is 4.79 Å². The number of hydrogen-bond acceptors (Lipinski definition) is 8. The minimum Gasteiger partial charge on any atom is -0.495 e. The number of carbonyl (C=O) groups is 1. The summed E-state index contributed by atoms with van der Waals surface area (Å²) in [4.78, 5) is 29.5. The molecule has 2 saturated heterocycles. The highest BCUT2D eigenvalue weighted by Gasteiger charge is 2.28. The number of carbonyl (C=O) groups excluding carboxylic acids is 1. The molecule has 2 fully saturated rings. The van der Waals surface area contributed by atoms with Crippen LogP contribution in [0.1, 0.15) is 13.8 Å². The number of thioether (sulfide) groups is 1. The van der Waals surface area contributed by atoms with E-state index in [1.807, 2.05) is 47.4 Å². The molecule has 2 aliphatic heterocycles. The predicted octanol–water partition coefficient (Wildman–Crippen LogP) is 3.69. The van der Waals surface area contributed by atoms with Gasteiger partial charge < -0.3 is 24.2 Å². The van der Waals surface area contributed by atoms with Gasteiger partial charge in [-0.1, -0.05) is 36.0 Å². The Hall–Kier alpha value is -3.04. The summed E-state index contributed by atoms with van der Waals surface area (Å²) in [5, 5.41) is 0.802. The molecule has 8 nitrogen and oxygen atoms in total. The van der Waals surface area contributed by atoms with Crippen LogP contribution in [0.2, 0.25) is 0 Å². The van der Waals surface area contributed by atoms with E-state index < -0.39 is 0 Å². The predicted molar refractivity (Wildman–Crippen MR) is 144 cm³/mol. The van der Waals surface area contributed by atoms with Crippen LogP contribution >= 0.6 is 11.8 Å². The molecule has 0 unspecified atom stereocenters. The molecule has 2 aliphatic rings. The van der Waals surface area contributed by atoms with Gasteiger partial charge in [-0.15, -0.1) is 0 Å². The van der Waals surface area contributed by atoms with Gasteiger partial charge >= 0.3 is 0 Å². The monoisotopic (exact) mass is 507 g/mol. The lowest BCUT2D eigenvalue weighted by Gasteiger charge is -2.37. The molecule has 190 valence electrons. The molecule has 36 heavy (non-hydrogen) atoms. The average molecular weight is 508 g/mol. The number of methoxy groups -OCH3 is 1. The second kappa shape index (κ2) is 10.9. The Kier molecular flexibility index (Phi) is 7.48. The van der Waals surface area contributed by atoms with Crippen molar-refractivity contribution in [3.63, 3.8) is 0 Å². The Balaban J connectivity index is 1.27. The van der Waals surface area contributed by atoms with Gasteiger partial charge in [0.15, 0.2) is 5.82 Å². The van der Waals surface area contributed by atoms with Crippen molar-refractivity contribution < 1.29 is 14.3 Å². The molecule has 2 aromatic carbocycles. The number of benzene rings is 2. The Morgan fingerprint density at radius 3 is 2.28 bits per heavy atom. The van der Waals surface area contributed by atoms with Crippen molar-refractivity contribution >= 4 is 40.2 Å². The normalized spacial score (nSPS) is 20.6. The number of amides is 1. The Morgan fingerprint density at radius 1 is 0.944 bits per heavy atom. The van der Waals surface area contributed by atoms with Gasteiger partial charge in [-0.05, 0) is 38.1 Å². The molecule has 0 spiro atoms. The second-order valence-corrected chi connectivity index (χ2v) is 10.3. The lowest BCUT2D eigenvalue weighted by molar-refractivity contribution is -0.128. The third-order valence-corrected chi connectivity index (χ3v) is 7.57. The number of piperazine rings is 1. The summed E-state index contributed by atoms with van der Waals surface area (Å²) in [5.41, 5.74) is 2.78.